The number of H-pyrrole nitrogens is 2. The van der Waals surface area contributed by atoms with E-state index in [1.165, 1.54) is 0 Å². The van der Waals surface area contributed by atoms with Gasteiger partial charge >= 0.3 is 0 Å². The van der Waals surface area contributed by atoms with Gasteiger partial charge in [-0.25, -0.2) is 9.36 Å². The summed E-state index contributed by atoms with van der Waals surface area (Å²) < 4.78 is 9.04. The first kappa shape index (κ1) is 25.4. The molecule has 0 saturated heterocycles. The van der Waals surface area contributed by atoms with E-state index in [2.05, 4.69) is 29.3 Å². The molecular weight excluding hydrogens is 476 g/mol. The number of aryl methyl sites for hydroxylation is 2. The highest BCUT2D eigenvalue weighted by molar-refractivity contribution is 5.43. The molecular formula is C31H34N4O3. The molecule has 0 aliphatic heterocycles. The van der Waals surface area contributed by atoms with E-state index >= 15 is 0 Å². The molecule has 0 saturated carbocycles. The van der Waals surface area contributed by atoms with Gasteiger partial charge in [-0.15, -0.1) is 0 Å². The topological polar surface area (TPSA) is 84.8 Å². The molecule has 0 radical (unpaired) electrons. The number of hydrogen-bond donors (Lipinski definition) is 2. The van der Waals surface area contributed by atoms with Gasteiger partial charge < -0.3 is 4.74 Å². The summed E-state index contributed by atoms with van der Waals surface area (Å²) in [5, 5.41) is 6.52. The lowest BCUT2D eigenvalue weighted by atomic mass is 9.77. The summed E-state index contributed by atoms with van der Waals surface area (Å²) in [6, 6.07) is 19.0. The number of allylic oxidation sites excluding steroid dienone is 3. The molecule has 7 heteroatoms. The van der Waals surface area contributed by atoms with E-state index in [1.807, 2.05) is 80.6 Å². The van der Waals surface area contributed by atoms with Gasteiger partial charge in [0, 0.05) is 28.4 Å². The number of hydrogen-bond acceptors (Lipinski definition) is 3. The van der Waals surface area contributed by atoms with Gasteiger partial charge in [-0.05, 0) is 69.0 Å². The second-order valence-corrected chi connectivity index (χ2v) is 9.80. The summed E-state index contributed by atoms with van der Waals surface area (Å²) in [7, 11) is 0. The number of unbranched alkanes of at least 4 members (excludes halogenated alkanes) is 1. The molecule has 2 N–H and O–H groups in total. The van der Waals surface area contributed by atoms with E-state index in [0.29, 0.717) is 24.2 Å². The van der Waals surface area contributed by atoms with Crippen molar-refractivity contribution in [3.8, 4) is 11.4 Å². The fraction of sp³-hybridized carbons (Fsp3) is 0.290. The molecule has 2 aromatic carbocycles. The largest absolute Gasteiger partial charge is 0.494 e. The molecule has 1 aliphatic carbocycles. The van der Waals surface area contributed by atoms with Gasteiger partial charge in [0.15, 0.2) is 0 Å². The second-order valence-electron chi connectivity index (χ2n) is 9.80. The first-order chi connectivity index (χ1) is 18.5. The Morgan fingerprint density at radius 1 is 0.868 bits per heavy atom. The lowest BCUT2D eigenvalue weighted by Crippen LogP contribution is -2.28. The number of ether oxygens (including phenoxy) is 1. The molecule has 0 spiro atoms. The fourth-order valence-electron chi connectivity index (χ4n) is 5.25. The minimum absolute atomic E-state index is 0.0913. The van der Waals surface area contributed by atoms with Crippen LogP contribution in [0.2, 0.25) is 0 Å². The fourth-order valence-corrected chi connectivity index (χ4v) is 5.25. The third-order valence-corrected chi connectivity index (χ3v) is 7.18. The predicted molar refractivity (Wildman–Crippen MR) is 150 cm³/mol. The predicted octanol–water partition coefficient (Wildman–Crippen LogP) is 5.67. The van der Waals surface area contributed by atoms with Crippen molar-refractivity contribution < 1.29 is 4.74 Å². The number of nitrogens with zero attached hydrogens (tertiary/aromatic N) is 2. The van der Waals surface area contributed by atoms with Crippen molar-refractivity contribution in [1.82, 2.24) is 19.6 Å². The Balaban J connectivity index is 1.62. The molecule has 0 bridgehead atoms. The third kappa shape index (κ3) is 4.84. The van der Waals surface area contributed by atoms with E-state index in [0.717, 1.165) is 41.4 Å². The van der Waals surface area contributed by atoms with Crippen molar-refractivity contribution in [1.29, 1.82) is 0 Å². The zero-order chi connectivity index (χ0) is 26.6. The minimum atomic E-state index is -0.442. The summed E-state index contributed by atoms with van der Waals surface area (Å²) >= 11 is 0. The van der Waals surface area contributed by atoms with Gasteiger partial charge in [0.1, 0.15) is 5.76 Å². The Morgan fingerprint density at radius 3 is 1.84 bits per heavy atom. The maximum absolute atomic E-state index is 13.9. The summed E-state index contributed by atoms with van der Waals surface area (Å²) in [6.07, 6.45) is 8.87. The van der Waals surface area contributed by atoms with E-state index in [1.54, 1.807) is 9.36 Å². The standard InChI is InChI=1S/C31H34N4O3/c1-4-5-20-38-26-18-16-23(17-19-26)29(27-21(2)32-34(30(27)36)24-12-8-6-9-13-24)28-22(3)33-35(31(28)37)25-14-10-7-11-15-25/h6-16,18-19,23,29,32-33H,4-5,17,20H2,1-3H3/t23-/m0/s1. The zero-order valence-corrected chi connectivity index (χ0v) is 22.1. The number of para-hydroxylation sites is 2. The molecule has 1 atom stereocenters. The SMILES string of the molecule is CCCCOC1=CC[C@@H](C(c2c(C)[nH]n(-c3ccccc3)c2=O)c2c(C)[nH]n(-c3ccccc3)c2=O)C=C1. The number of aromatic amines is 2. The molecule has 2 heterocycles. The van der Waals surface area contributed by atoms with Gasteiger partial charge in [0.05, 0.1) is 18.0 Å². The van der Waals surface area contributed by atoms with Crippen LogP contribution in [0.4, 0.5) is 0 Å². The van der Waals surface area contributed by atoms with Gasteiger partial charge in [0.2, 0.25) is 0 Å². The Labute approximate surface area is 222 Å². The van der Waals surface area contributed by atoms with Crippen LogP contribution >= 0.6 is 0 Å². The second kappa shape index (κ2) is 11.0. The Hall–Kier alpha value is -4.26. The average Bonchev–Trinajstić information content (AvgIpc) is 3.41. The van der Waals surface area contributed by atoms with Crippen LogP contribution in [0.5, 0.6) is 0 Å². The van der Waals surface area contributed by atoms with E-state index in [-0.39, 0.29) is 17.0 Å². The lowest BCUT2D eigenvalue weighted by molar-refractivity contribution is 0.216. The monoisotopic (exact) mass is 510 g/mol. The van der Waals surface area contributed by atoms with Crippen LogP contribution < -0.4 is 11.1 Å². The van der Waals surface area contributed by atoms with Crippen molar-refractivity contribution in [3.05, 3.63) is 128 Å². The molecule has 4 aromatic rings. The van der Waals surface area contributed by atoms with E-state index < -0.39 is 5.92 Å². The van der Waals surface area contributed by atoms with Crippen molar-refractivity contribution in [2.75, 3.05) is 6.61 Å². The molecule has 196 valence electrons. The van der Waals surface area contributed by atoms with Crippen molar-refractivity contribution >= 4 is 0 Å². The number of benzene rings is 2. The van der Waals surface area contributed by atoms with Crippen LogP contribution in [-0.4, -0.2) is 26.2 Å². The Kier molecular flexibility index (Phi) is 7.36. The highest BCUT2D eigenvalue weighted by atomic mass is 16.5. The van der Waals surface area contributed by atoms with Crippen molar-refractivity contribution in [3.63, 3.8) is 0 Å². The first-order valence-corrected chi connectivity index (χ1v) is 13.2. The summed E-state index contributed by atoms with van der Waals surface area (Å²) in [5.41, 5.74) is 3.92. The van der Waals surface area contributed by atoms with Crippen LogP contribution in [-0.2, 0) is 4.74 Å². The maximum atomic E-state index is 13.9. The van der Waals surface area contributed by atoms with Crippen LogP contribution in [0.25, 0.3) is 11.4 Å². The van der Waals surface area contributed by atoms with Crippen molar-refractivity contribution in [2.45, 2.75) is 46.0 Å². The van der Waals surface area contributed by atoms with Crippen LogP contribution in [0.15, 0.2) is 94.2 Å². The summed E-state index contributed by atoms with van der Waals surface area (Å²) in [6.45, 7) is 6.63. The molecule has 38 heavy (non-hydrogen) atoms. The highest BCUT2D eigenvalue weighted by Crippen LogP contribution is 2.37. The molecule has 7 nitrogen and oxygen atoms in total. The zero-order valence-electron chi connectivity index (χ0n) is 22.1. The normalized spacial score (nSPS) is 15.2. The minimum Gasteiger partial charge on any atom is -0.494 e. The number of nitrogens with one attached hydrogen (secondary N) is 2. The van der Waals surface area contributed by atoms with Gasteiger partial charge in [-0.1, -0.05) is 55.8 Å². The van der Waals surface area contributed by atoms with E-state index in [4.69, 9.17) is 4.74 Å². The molecule has 0 unspecified atom stereocenters. The molecule has 1 aliphatic rings. The van der Waals surface area contributed by atoms with Crippen LogP contribution in [0, 0.1) is 19.8 Å². The maximum Gasteiger partial charge on any atom is 0.275 e. The summed E-state index contributed by atoms with van der Waals surface area (Å²) in [5.74, 6) is 0.307. The highest BCUT2D eigenvalue weighted by Gasteiger charge is 2.34. The van der Waals surface area contributed by atoms with Gasteiger partial charge in [-0.3, -0.25) is 19.8 Å². The number of aromatic nitrogens is 4. The smallest absolute Gasteiger partial charge is 0.275 e. The molecule has 0 amide bonds. The summed E-state index contributed by atoms with van der Waals surface area (Å²) in [4.78, 5) is 27.9. The average molecular weight is 511 g/mol. The van der Waals surface area contributed by atoms with Crippen LogP contribution in [0.3, 0.4) is 0 Å². The quantitative estimate of drug-likeness (QED) is 0.285. The Bertz CT molecular complexity index is 1470. The van der Waals surface area contributed by atoms with Gasteiger partial charge in [-0.2, -0.15) is 0 Å². The third-order valence-electron chi connectivity index (χ3n) is 7.18. The number of rotatable bonds is 9. The molecule has 2 aromatic heterocycles. The lowest BCUT2D eigenvalue weighted by Gasteiger charge is -2.25. The Morgan fingerprint density at radius 2 is 1.39 bits per heavy atom. The van der Waals surface area contributed by atoms with Crippen molar-refractivity contribution in [2.24, 2.45) is 5.92 Å². The van der Waals surface area contributed by atoms with Gasteiger partial charge in [0.25, 0.3) is 11.1 Å². The first-order valence-electron chi connectivity index (χ1n) is 13.2. The van der Waals surface area contributed by atoms with Crippen LogP contribution in [0.1, 0.15) is 54.6 Å². The molecule has 5 rings (SSSR count). The van der Waals surface area contributed by atoms with E-state index in [9.17, 15) is 9.59 Å². The molecule has 0 fully saturated rings.